The van der Waals surface area contributed by atoms with Crippen molar-refractivity contribution in [3.05, 3.63) is 35.9 Å². The zero-order chi connectivity index (χ0) is 12.3. The van der Waals surface area contributed by atoms with Crippen LogP contribution in [0.3, 0.4) is 0 Å². The molecule has 0 unspecified atom stereocenters. The Kier molecular flexibility index (Phi) is 3.30. The molecular weight excluding hydrogens is 240 g/mol. The van der Waals surface area contributed by atoms with Crippen molar-refractivity contribution in [3.63, 3.8) is 0 Å². The lowest BCUT2D eigenvalue weighted by Gasteiger charge is -2.04. The van der Waals surface area contributed by atoms with Gasteiger partial charge in [0.1, 0.15) is 5.82 Å². The Hall–Kier alpha value is -2.01. The molecule has 0 aliphatic heterocycles. The second-order valence-electron chi connectivity index (χ2n) is 3.32. The molecule has 6 heteroatoms. The van der Waals surface area contributed by atoms with E-state index in [-0.39, 0.29) is 11.2 Å². The smallest absolute Gasteiger partial charge is 0.222 e. The van der Waals surface area contributed by atoms with E-state index in [1.807, 2.05) is 0 Å². The summed E-state index contributed by atoms with van der Waals surface area (Å²) in [5.74, 6) is 0.306. The van der Waals surface area contributed by atoms with Crippen LogP contribution in [0.1, 0.15) is 6.92 Å². The minimum atomic E-state index is -0.171. The monoisotopic (exact) mass is 248 g/mol. The predicted octanol–water partition coefficient (Wildman–Crippen LogP) is 2.15. The lowest BCUT2D eigenvalue weighted by atomic mass is 10.2. The maximum Gasteiger partial charge on any atom is 0.222 e. The maximum absolute atomic E-state index is 10.9. The van der Waals surface area contributed by atoms with Crippen molar-refractivity contribution < 1.29 is 4.79 Å². The van der Waals surface area contributed by atoms with E-state index < -0.39 is 0 Å². The second-order valence-corrected chi connectivity index (χ2v) is 3.66. The van der Waals surface area contributed by atoms with Gasteiger partial charge in [-0.15, -0.1) is 0 Å². The van der Waals surface area contributed by atoms with Crippen LogP contribution in [0, 0.1) is 0 Å². The minimum Gasteiger partial charge on any atom is -0.311 e. The summed E-state index contributed by atoms with van der Waals surface area (Å²) < 4.78 is 0. The molecule has 0 saturated heterocycles. The van der Waals surface area contributed by atoms with Crippen LogP contribution < -0.4 is 5.32 Å². The van der Waals surface area contributed by atoms with Crippen LogP contribution in [0.25, 0.3) is 11.3 Å². The van der Waals surface area contributed by atoms with E-state index >= 15 is 0 Å². The summed E-state index contributed by atoms with van der Waals surface area (Å²) in [7, 11) is 0. The van der Waals surface area contributed by atoms with Gasteiger partial charge >= 0.3 is 0 Å². The molecule has 0 saturated carbocycles. The lowest BCUT2D eigenvalue weighted by molar-refractivity contribution is -0.114. The maximum atomic E-state index is 10.9. The van der Waals surface area contributed by atoms with E-state index in [1.165, 1.54) is 6.92 Å². The molecule has 0 radical (unpaired) electrons. The molecule has 0 bridgehead atoms. The van der Waals surface area contributed by atoms with Crippen LogP contribution in [-0.4, -0.2) is 20.9 Å². The SMILES string of the molecule is CC(=O)Nc1cc(-c2ccnc(Cl)n2)ccn1. The van der Waals surface area contributed by atoms with E-state index in [4.69, 9.17) is 11.6 Å². The number of carbonyl (C=O) groups is 1. The Morgan fingerprint density at radius 2 is 2.06 bits per heavy atom. The summed E-state index contributed by atoms with van der Waals surface area (Å²) in [5.41, 5.74) is 1.49. The van der Waals surface area contributed by atoms with Crippen molar-refractivity contribution >= 4 is 23.3 Å². The number of halogens is 1. The Morgan fingerprint density at radius 1 is 1.29 bits per heavy atom. The average molecular weight is 249 g/mol. The van der Waals surface area contributed by atoms with Gasteiger partial charge in [0.25, 0.3) is 0 Å². The fraction of sp³-hybridized carbons (Fsp3) is 0.0909. The molecule has 0 aliphatic carbocycles. The van der Waals surface area contributed by atoms with Crippen LogP contribution in [0.2, 0.25) is 5.28 Å². The molecule has 2 aromatic rings. The minimum absolute atomic E-state index is 0.171. The average Bonchev–Trinajstić information content (AvgIpc) is 2.28. The summed E-state index contributed by atoms with van der Waals surface area (Å²) in [5, 5.41) is 2.78. The van der Waals surface area contributed by atoms with Gasteiger partial charge in [0.2, 0.25) is 11.2 Å². The highest BCUT2D eigenvalue weighted by Crippen LogP contribution is 2.19. The first kappa shape index (κ1) is 11.5. The molecule has 5 nitrogen and oxygen atoms in total. The third-order valence-electron chi connectivity index (χ3n) is 1.99. The lowest BCUT2D eigenvalue weighted by Crippen LogP contribution is -2.07. The van der Waals surface area contributed by atoms with Gasteiger partial charge in [0.05, 0.1) is 5.69 Å². The Labute approximate surface area is 103 Å². The molecule has 1 amide bonds. The van der Waals surface area contributed by atoms with Crippen molar-refractivity contribution in [3.8, 4) is 11.3 Å². The van der Waals surface area contributed by atoms with Crippen LogP contribution in [-0.2, 0) is 4.79 Å². The van der Waals surface area contributed by atoms with Crippen molar-refractivity contribution in [2.24, 2.45) is 0 Å². The van der Waals surface area contributed by atoms with Crippen LogP contribution in [0.15, 0.2) is 30.6 Å². The number of aromatic nitrogens is 3. The van der Waals surface area contributed by atoms with E-state index in [2.05, 4.69) is 20.3 Å². The predicted molar refractivity (Wildman–Crippen MR) is 64.6 cm³/mol. The van der Waals surface area contributed by atoms with Gasteiger partial charge in [-0.1, -0.05) is 0 Å². The Bertz CT molecular complexity index is 559. The van der Waals surface area contributed by atoms with E-state index in [9.17, 15) is 4.79 Å². The Balaban J connectivity index is 2.36. The molecule has 2 heterocycles. The molecule has 1 N–H and O–H groups in total. The molecular formula is C11H9ClN4O. The van der Waals surface area contributed by atoms with Gasteiger partial charge in [-0.25, -0.2) is 15.0 Å². The van der Waals surface area contributed by atoms with Crippen LogP contribution in [0.4, 0.5) is 5.82 Å². The number of hydrogen-bond donors (Lipinski definition) is 1. The molecule has 17 heavy (non-hydrogen) atoms. The standard InChI is InChI=1S/C11H9ClN4O/c1-7(17)15-10-6-8(2-4-13-10)9-3-5-14-11(12)16-9/h2-6H,1H3,(H,13,15,17). The van der Waals surface area contributed by atoms with Crippen LogP contribution in [0.5, 0.6) is 0 Å². The number of amides is 1. The topological polar surface area (TPSA) is 67.8 Å². The summed E-state index contributed by atoms with van der Waals surface area (Å²) in [4.78, 5) is 22.8. The first-order chi connectivity index (χ1) is 8.15. The van der Waals surface area contributed by atoms with E-state index in [1.54, 1.807) is 30.6 Å². The largest absolute Gasteiger partial charge is 0.311 e. The molecule has 0 atom stereocenters. The summed E-state index contributed by atoms with van der Waals surface area (Å²) >= 11 is 5.71. The van der Waals surface area contributed by atoms with Gasteiger partial charge in [-0.2, -0.15) is 0 Å². The van der Waals surface area contributed by atoms with Crippen molar-refractivity contribution in [2.75, 3.05) is 5.32 Å². The fourth-order valence-corrected chi connectivity index (χ4v) is 1.48. The van der Waals surface area contributed by atoms with Gasteiger partial charge < -0.3 is 5.32 Å². The second kappa shape index (κ2) is 4.88. The zero-order valence-corrected chi connectivity index (χ0v) is 9.77. The highest BCUT2D eigenvalue weighted by atomic mass is 35.5. The molecule has 86 valence electrons. The van der Waals surface area contributed by atoms with Gasteiger partial charge in [-0.3, -0.25) is 4.79 Å². The van der Waals surface area contributed by atoms with E-state index in [0.29, 0.717) is 11.5 Å². The normalized spacial score (nSPS) is 10.0. The quantitative estimate of drug-likeness (QED) is 0.827. The molecule has 2 aromatic heterocycles. The van der Waals surface area contributed by atoms with E-state index in [0.717, 1.165) is 5.56 Å². The summed E-state index contributed by atoms with van der Waals surface area (Å²) in [6.45, 7) is 1.43. The fourth-order valence-electron chi connectivity index (χ4n) is 1.33. The van der Waals surface area contributed by atoms with Crippen molar-refractivity contribution in [2.45, 2.75) is 6.92 Å². The molecule has 0 aromatic carbocycles. The number of pyridine rings is 1. The number of anilines is 1. The molecule has 0 spiro atoms. The number of nitrogens with zero attached hydrogens (tertiary/aromatic N) is 3. The molecule has 0 fully saturated rings. The number of hydrogen-bond acceptors (Lipinski definition) is 4. The van der Waals surface area contributed by atoms with Crippen molar-refractivity contribution in [1.29, 1.82) is 0 Å². The number of rotatable bonds is 2. The highest BCUT2D eigenvalue weighted by molar-refractivity contribution is 6.28. The third-order valence-corrected chi connectivity index (χ3v) is 2.17. The van der Waals surface area contributed by atoms with Gasteiger partial charge in [0.15, 0.2) is 0 Å². The first-order valence-corrected chi connectivity index (χ1v) is 5.25. The zero-order valence-electron chi connectivity index (χ0n) is 9.01. The van der Waals surface area contributed by atoms with Gasteiger partial charge in [-0.05, 0) is 29.8 Å². The number of carbonyl (C=O) groups excluding carboxylic acids is 1. The highest BCUT2D eigenvalue weighted by Gasteiger charge is 2.03. The van der Waals surface area contributed by atoms with Gasteiger partial charge in [0, 0.05) is 24.9 Å². The summed E-state index contributed by atoms with van der Waals surface area (Å²) in [6.07, 6.45) is 3.17. The molecule has 0 aliphatic rings. The van der Waals surface area contributed by atoms with Crippen LogP contribution >= 0.6 is 11.6 Å². The first-order valence-electron chi connectivity index (χ1n) is 4.88. The third kappa shape index (κ3) is 2.98. The van der Waals surface area contributed by atoms with Crippen molar-refractivity contribution in [1.82, 2.24) is 15.0 Å². The Morgan fingerprint density at radius 3 is 2.76 bits per heavy atom. The number of nitrogens with one attached hydrogen (secondary N) is 1. The summed E-state index contributed by atoms with van der Waals surface area (Å²) in [6, 6.07) is 5.24. The molecule has 2 rings (SSSR count).